The molecule has 5 heteroatoms. The zero-order valence-corrected chi connectivity index (χ0v) is 12.0. The van der Waals surface area contributed by atoms with Crippen LogP contribution in [0.5, 0.6) is 0 Å². The van der Waals surface area contributed by atoms with E-state index in [0.29, 0.717) is 5.25 Å². The Balaban J connectivity index is 1.78. The van der Waals surface area contributed by atoms with Crippen molar-refractivity contribution in [3.8, 4) is 0 Å². The molecule has 1 unspecified atom stereocenters. The summed E-state index contributed by atoms with van der Waals surface area (Å²) >= 11 is 1.86. The van der Waals surface area contributed by atoms with Crippen LogP contribution < -0.4 is 5.32 Å². The molecule has 2 heterocycles. The van der Waals surface area contributed by atoms with E-state index in [1.165, 1.54) is 6.42 Å². The fourth-order valence-corrected chi connectivity index (χ4v) is 3.18. The van der Waals surface area contributed by atoms with Gasteiger partial charge in [-0.15, -0.1) is 0 Å². The molecule has 98 valence electrons. The highest BCUT2D eigenvalue weighted by molar-refractivity contribution is 8.14. The number of rotatable bonds is 4. The zero-order valence-electron chi connectivity index (χ0n) is 11.2. The maximum absolute atomic E-state index is 4.53. The normalized spacial score (nSPS) is 19.1. The smallest absolute Gasteiger partial charge is 0.157 e. The van der Waals surface area contributed by atoms with Crippen molar-refractivity contribution in [2.75, 3.05) is 6.54 Å². The lowest BCUT2D eigenvalue weighted by atomic mass is 10.1. The third-order valence-corrected chi connectivity index (χ3v) is 3.88. The van der Waals surface area contributed by atoms with E-state index in [1.54, 1.807) is 6.20 Å². The molecule has 0 saturated carbocycles. The predicted molar refractivity (Wildman–Crippen MR) is 76.7 cm³/mol. The summed E-state index contributed by atoms with van der Waals surface area (Å²) in [5.74, 6) is 1.55. The topological polar surface area (TPSA) is 50.2 Å². The summed E-state index contributed by atoms with van der Waals surface area (Å²) in [6, 6.07) is 1.94. The van der Waals surface area contributed by atoms with Crippen LogP contribution in [0.25, 0.3) is 0 Å². The van der Waals surface area contributed by atoms with Crippen LogP contribution in [-0.4, -0.2) is 26.9 Å². The molecule has 2 rings (SSSR count). The first-order valence-corrected chi connectivity index (χ1v) is 7.25. The number of amidine groups is 1. The van der Waals surface area contributed by atoms with Gasteiger partial charge in [0.05, 0.1) is 18.8 Å². The molecule has 0 saturated heterocycles. The van der Waals surface area contributed by atoms with Gasteiger partial charge in [-0.05, 0) is 25.3 Å². The van der Waals surface area contributed by atoms with Crippen molar-refractivity contribution in [3.63, 3.8) is 0 Å². The molecule has 1 aromatic heterocycles. The molecule has 1 aliphatic heterocycles. The summed E-state index contributed by atoms with van der Waals surface area (Å²) in [5, 5.41) is 5.04. The number of aliphatic imine (C=N–C) groups is 1. The molecule has 4 nitrogen and oxygen atoms in total. The summed E-state index contributed by atoms with van der Waals surface area (Å²) in [6.45, 7) is 8.09. The molecule has 0 fully saturated rings. The monoisotopic (exact) mass is 264 g/mol. The average molecular weight is 264 g/mol. The lowest BCUT2D eigenvalue weighted by molar-refractivity contribution is 0.575. The van der Waals surface area contributed by atoms with Crippen LogP contribution in [-0.2, 0) is 6.54 Å². The largest absolute Gasteiger partial charge is 0.359 e. The molecule has 0 radical (unpaired) electrons. The minimum atomic E-state index is 0.639. The fourth-order valence-electron chi connectivity index (χ4n) is 1.93. The van der Waals surface area contributed by atoms with Crippen LogP contribution in [0.4, 0.5) is 0 Å². The summed E-state index contributed by atoms with van der Waals surface area (Å²) < 4.78 is 0. The van der Waals surface area contributed by atoms with Crippen LogP contribution in [0.1, 0.15) is 31.8 Å². The Morgan fingerprint density at radius 2 is 2.33 bits per heavy atom. The highest BCUT2D eigenvalue weighted by Crippen LogP contribution is 2.25. The second-order valence-corrected chi connectivity index (χ2v) is 6.25. The zero-order chi connectivity index (χ0) is 13.0. The number of nitrogens with zero attached hydrogens (tertiary/aromatic N) is 3. The molecule has 0 aromatic carbocycles. The van der Waals surface area contributed by atoms with Crippen LogP contribution in [0, 0.1) is 12.8 Å². The van der Waals surface area contributed by atoms with E-state index in [1.807, 2.05) is 24.8 Å². The number of aromatic nitrogens is 2. The summed E-state index contributed by atoms with van der Waals surface area (Å²) in [7, 11) is 0. The third kappa shape index (κ3) is 3.98. The quantitative estimate of drug-likeness (QED) is 0.907. The molecular formula is C13H20N4S. The molecule has 1 atom stereocenters. The maximum Gasteiger partial charge on any atom is 0.157 e. The third-order valence-electron chi connectivity index (χ3n) is 2.71. The van der Waals surface area contributed by atoms with Gasteiger partial charge < -0.3 is 5.32 Å². The molecule has 0 spiro atoms. The van der Waals surface area contributed by atoms with E-state index in [0.717, 1.165) is 35.7 Å². The van der Waals surface area contributed by atoms with Crippen molar-refractivity contribution >= 4 is 16.9 Å². The molecule has 0 amide bonds. The van der Waals surface area contributed by atoms with Gasteiger partial charge in [-0.25, -0.2) is 9.97 Å². The Labute approximate surface area is 113 Å². The lowest BCUT2D eigenvalue weighted by Gasteiger charge is -2.11. The number of aryl methyl sites for hydroxylation is 1. The summed E-state index contributed by atoms with van der Waals surface area (Å²) in [6.07, 6.45) is 3.02. The molecule has 0 aliphatic carbocycles. The highest BCUT2D eigenvalue weighted by Gasteiger charge is 2.20. The van der Waals surface area contributed by atoms with Crippen LogP contribution in [0.2, 0.25) is 0 Å². The van der Waals surface area contributed by atoms with Gasteiger partial charge in [-0.3, -0.25) is 4.99 Å². The van der Waals surface area contributed by atoms with Gasteiger partial charge in [-0.1, -0.05) is 25.6 Å². The Morgan fingerprint density at radius 3 is 3.06 bits per heavy atom. The first-order valence-electron chi connectivity index (χ1n) is 6.37. The number of hydrogen-bond acceptors (Lipinski definition) is 5. The first-order chi connectivity index (χ1) is 8.63. The van der Waals surface area contributed by atoms with E-state index in [9.17, 15) is 0 Å². The van der Waals surface area contributed by atoms with Crippen molar-refractivity contribution in [1.82, 2.24) is 15.3 Å². The van der Waals surface area contributed by atoms with E-state index < -0.39 is 0 Å². The van der Waals surface area contributed by atoms with E-state index >= 15 is 0 Å². The summed E-state index contributed by atoms with van der Waals surface area (Å²) in [5.41, 5.74) is 1.01. The van der Waals surface area contributed by atoms with Crippen molar-refractivity contribution in [1.29, 1.82) is 0 Å². The Morgan fingerprint density at radius 1 is 1.50 bits per heavy atom. The van der Waals surface area contributed by atoms with Gasteiger partial charge in [0.2, 0.25) is 0 Å². The second kappa shape index (κ2) is 6.18. The van der Waals surface area contributed by atoms with Crippen LogP contribution in [0.3, 0.4) is 0 Å². The highest BCUT2D eigenvalue weighted by atomic mass is 32.2. The molecule has 0 bridgehead atoms. The molecule has 1 aromatic rings. The minimum Gasteiger partial charge on any atom is -0.359 e. The molecule has 1 aliphatic rings. The van der Waals surface area contributed by atoms with Gasteiger partial charge in [-0.2, -0.15) is 0 Å². The lowest BCUT2D eigenvalue weighted by Crippen LogP contribution is -2.20. The predicted octanol–water partition coefficient (Wildman–Crippen LogP) is 2.39. The van der Waals surface area contributed by atoms with E-state index in [2.05, 4.69) is 34.1 Å². The first kappa shape index (κ1) is 13.3. The SMILES string of the molecule is Cc1nccc(CNC2=NCC(CC(C)C)S2)n1. The Bertz CT molecular complexity index is 431. The van der Waals surface area contributed by atoms with E-state index in [4.69, 9.17) is 0 Å². The van der Waals surface area contributed by atoms with Gasteiger partial charge in [0.1, 0.15) is 5.82 Å². The van der Waals surface area contributed by atoms with Crippen LogP contribution in [0.15, 0.2) is 17.3 Å². The molecular weight excluding hydrogens is 244 g/mol. The molecule has 1 N–H and O–H groups in total. The maximum atomic E-state index is 4.53. The fraction of sp³-hybridized carbons (Fsp3) is 0.615. The second-order valence-electron chi connectivity index (χ2n) is 4.96. The number of thioether (sulfide) groups is 1. The van der Waals surface area contributed by atoms with Crippen molar-refractivity contribution in [3.05, 3.63) is 23.8 Å². The van der Waals surface area contributed by atoms with Crippen molar-refractivity contribution in [2.24, 2.45) is 10.9 Å². The van der Waals surface area contributed by atoms with Gasteiger partial charge in [0.15, 0.2) is 5.17 Å². The van der Waals surface area contributed by atoms with Crippen molar-refractivity contribution in [2.45, 2.75) is 39.0 Å². The molecule has 18 heavy (non-hydrogen) atoms. The van der Waals surface area contributed by atoms with Crippen LogP contribution >= 0.6 is 11.8 Å². The van der Waals surface area contributed by atoms with Gasteiger partial charge in [0.25, 0.3) is 0 Å². The van der Waals surface area contributed by atoms with Crippen molar-refractivity contribution < 1.29 is 0 Å². The van der Waals surface area contributed by atoms with E-state index in [-0.39, 0.29) is 0 Å². The number of nitrogens with one attached hydrogen (secondary N) is 1. The van der Waals surface area contributed by atoms with Gasteiger partial charge in [0, 0.05) is 11.4 Å². The standard InChI is InChI=1S/C13H20N4S/c1-9(2)6-12-8-16-13(18-12)15-7-11-4-5-14-10(3)17-11/h4-5,9,12H,6-8H2,1-3H3,(H,15,16). The van der Waals surface area contributed by atoms with Gasteiger partial charge >= 0.3 is 0 Å². The minimum absolute atomic E-state index is 0.639. The average Bonchev–Trinajstić information content (AvgIpc) is 2.73. The Kier molecular flexibility index (Phi) is 4.58. The Hall–Kier alpha value is -1.10. The number of hydrogen-bond donors (Lipinski definition) is 1. The summed E-state index contributed by atoms with van der Waals surface area (Å²) in [4.78, 5) is 13.0.